The van der Waals surface area contributed by atoms with Gasteiger partial charge in [-0.15, -0.1) is 5.10 Å². The molecule has 0 amide bonds. The molecule has 0 unspecified atom stereocenters. The van der Waals surface area contributed by atoms with E-state index in [2.05, 4.69) is 33.2 Å². The molecule has 1 atom stereocenters. The van der Waals surface area contributed by atoms with E-state index in [1.54, 1.807) is 19.1 Å². The summed E-state index contributed by atoms with van der Waals surface area (Å²) in [5, 5.41) is 15.2. The molecule has 2 aromatic heterocycles. The van der Waals surface area contributed by atoms with E-state index in [1.807, 2.05) is 12.1 Å². The van der Waals surface area contributed by atoms with Gasteiger partial charge >= 0.3 is 0 Å². The fraction of sp³-hybridized carbons (Fsp3) is 0.238. The van der Waals surface area contributed by atoms with Crippen LogP contribution >= 0.6 is 11.3 Å². The third-order valence-corrected chi connectivity index (χ3v) is 6.32. The zero-order chi connectivity index (χ0) is 19.3. The molecule has 0 saturated heterocycles. The minimum Gasteiger partial charge on any atom is -0.492 e. The predicted octanol–water partition coefficient (Wildman–Crippen LogP) is 4.09. The van der Waals surface area contributed by atoms with Crippen LogP contribution in [0.25, 0.3) is 4.96 Å². The second-order valence-corrected chi connectivity index (χ2v) is 8.10. The van der Waals surface area contributed by atoms with Crippen molar-refractivity contribution in [2.75, 3.05) is 6.54 Å². The summed E-state index contributed by atoms with van der Waals surface area (Å²) < 4.78 is 15.5. The Balaban J connectivity index is 1.63. The summed E-state index contributed by atoms with van der Waals surface area (Å²) in [4.78, 5) is 8.05. The average Bonchev–Trinajstić information content (AvgIpc) is 3.20. The van der Waals surface area contributed by atoms with Crippen molar-refractivity contribution >= 4 is 16.3 Å². The number of aryl methyl sites for hydroxylation is 1. The first kappa shape index (κ1) is 17.3. The van der Waals surface area contributed by atoms with Crippen LogP contribution in [0.15, 0.2) is 48.5 Å². The van der Waals surface area contributed by atoms with Crippen molar-refractivity contribution in [1.82, 2.24) is 19.5 Å². The minimum absolute atomic E-state index is 0.0775. The number of hydrogen-bond acceptors (Lipinski definition) is 5. The maximum Gasteiger partial charge on any atom is 0.230 e. The number of thiazole rings is 1. The van der Waals surface area contributed by atoms with E-state index >= 15 is 0 Å². The zero-order valence-corrected chi connectivity index (χ0v) is 16.2. The van der Waals surface area contributed by atoms with Gasteiger partial charge in [0, 0.05) is 13.1 Å². The first-order chi connectivity index (χ1) is 13.6. The number of nitrogens with zero attached hydrogens (tertiary/aromatic N) is 4. The zero-order valence-electron chi connectivity index (χ0n) is 15.3. The van der Waals surface area contributed by atoms with Crippen LogP contribution in [0.2, 0.25) is 0 Å². The standard InChI is InChI=1S/C21H19FN4OS/c1-13-23-21-26(24-13)20(27)19(28-21)18(15-7-4-8-17(22)11-15)25-10-9-14-5-2-3-6-16(14)12-25/h2-8,11,18,27H,9-10,12H2,1H3/t18-/m0/s1. The maximum absolute atomic E-state index is 14.0. The Morgan fingerprint density at radius 2 is 1.96 bits per heavy atom. The number of rotatable bonds is 3. The summed E-state index contributed by atoms with van der Waals surface area (Å²) in [7, 11) is 0. The van der Waals surface area contributed by atoms with Crippen molar-refractivity contribution in [2.45, 2.75) is 25.9 Å². The molecule has 0 fully saturated rings. The fourth-order valence-electron chi connectivity index (χ4n) is 3.97. The quantitative estimate of drug-likeness (QED) is 0.569. The minimum atomic E-state index is -0.283. The van der Waals surface area contributed by atoms with Crippen LogP contribution in [-0.4, -0.2) is 31.1 Å². The van der Waals surface area contributed by atoms with Gasteiger partial charge in [0.25, 0.3) is 0 Å². The van der Waals surface area contributed by atoms with Gasteiger partial charge in [-0.05, 0) is 42.2 Å². The summed E-state index contributed by atoms with van der Waals surface area (Å²) in [6, 6.07) is 14.8. The summed E-state index contributed by atoms with van der Waals surface area (Å²) in [6.45, 7) is 3.36. The van der Waals surface area contributed by atoms with Gasteiger partial charge < -0.3 is 5.11 Å². The van der Waals surface area contributed by atoms with Crippen molar-refractivity contribution in [3.05, 3.63) is 81.7 Å². The number of fused-ring (bicyclic) bond motifs is 2. The molecule has 1 N–H and O–H groups in total. The molecular formula is C21H19FN4OS. The largest absolute Gasteiger partial charge is 0.492 e. The van der Waals surface area contributed by atoms with Gasteiger partial charge in [-0.1, -0.05) is 47.7 Å². The predicted molar refractivity (Wildman–Crippen MR) is 106 cm³/mol. The third-order valence-electron chi connectivity index (χ3n) is 5.24. The SMILES string of the molecule is Cc1nc2sc([C@H](c3cccc(F)c3)N3CCc4ccccc4C3)c(O)n2n1. The molecule has 0 radical (unpaired) electrons. The van der Waals surface area contributed by atoms with Gasteiger partial charge in [-0.2, -0.15) is 4.52 Å². The Morgan fingerprint density at radius 3 is 2.75 bits per heavy atom. The topological polar surface area (TPSA) is 53.7 Å². The lowest BCUT2D eigenvalue weighted by Gasteiger charge is -2.35. The van der Waals surface area contributed by atoms with Gasteiger partial charge in [0.05, 0.1) is 10.9 Å². The van der Waals surface area contributed by atoms with E-state index in [0.29, 0.717) is 10.8 Å². The fourth-order valence-corrected chi connectivity index (χ4v) is 5.13. The van der Waals surface area contributed by atoms with Gasteiger partial charge in [-0.25, -0.2) is 9.37 Å². The molecule has 0 spiro atoms. The molecule has 0 bridgehead atoms. The highest BCUT2D eigenvalue weighted by Gasteiger charge is 2.31. The first-order valence-corrected chi connectivity index (χ1v) is 10.0. The maximum atomic E-state index is 14.0. The van der Waals surface area contributed by atoms with Gasteiger partial charge in [0.2, 0.25) is 10.8 Å². The molecule has 7 heteroatoms. The van der Waals surface area contributed by atoms with Crippen LogP contribution in [0.1, 0.15) is 33.4 Å². The van der Waals surface area contributed by atoms with E-state index in [4.69, 9.17) is 0 Å². The molecule has 1 aliphatic rings. The van der Waals surface area contributed by atoms with Gasteiger partial charge in [-0.3, -0.25) is 4.90 Å². The summed E-state index contributed by atoms with van der Waals surface area (Å²) in [5.41, 5.74) is 3.43. The van der Waals surface area contributed by atoms with E-state index in [1.165, 1.54) is 33.0 Å². The number of aromatic hydroxyl groups is 1. The summed E-state index contributed by atoms with van der Waals surface area (Å²) in [5.74, 6) is 0.408. The first-order valence-electron chi connectivity index (χ1n) is 9.21. The van der Waals surface area contributed by atoms with E-state index in [-0.39, 0.29) is 17.7 Å². The van der Waals surface area contributed by atoms with Crippen LogP contribution in [0.3, 0.4) is 0 Å². The lowest BCUT2D eigenvalue weighted by molar-refractivity contribution is 0.205. The highest BCUT2D eigenvalue weighted by atomic mass is 32.1. The number of halogens is 1. The molecule has 4 aromatic rings. The number of aromatic nitrogens is 3. The molecule has 0 aliphatic carbocycles. The van der Waals surface area contributed by atoms with Crippen LogP contribution in [-0.2, 0) is 13.0 Å². The Bertz CT molecular complexity index is 1170. The van der Waals surface area contributed by atoms with Gasteiger partial charge in [0.15, 0.2) is 0 Å². The monoisotopic (exact) mass is 394 g/mol. The van der Waals surface area contributed by atoms with E-state index in [0.717, 1.165) is 30.0 Å². The van der Waals surface area contributed by atoms with Crippen LogP contribution in [0.5, 0.6) is 5.88 Å². The number of hydrogen-bond donors (Lipinski definition) is 1. The Hall–Kier alpha value is -2.77. The molecule has 28 heavy (non-hydrogen) atoms. The Kier molecular flexibility index (Phi) is 4.14. The molecule has 5 nitrogen and oxygen atoms in total. The third kappa shape index (κ3) is 2.87. The van der Waals surface area contributed by atoms with Gasteiger partial charge in [0.1, 0.15) is 11.6 Å². The lowest BCUT2D eigenvalue weighted by atomic mass is 9.95. The molecule has 142 valence electrons. The van der Waals surface area contributed by atoms with Crippen molar-refractivity contribution in [2.24, 2.45) is 0 Å². The second-order valence-electron chi connectivity index (χ2n) is 7.09. The summed E-state index contributed by atoms with van der Waals surface area (Å²) in [6.07, 6.45) is 0.919. The van der Waals surface area contributed by atoms with Crippen LogP contribution in [0, 0.1) is 12.7 Å². The van der Waals surface area contributed by atoms with Crippen LogP contribution in [0.4, 0.5) is 4.39 Å². The summed E-state index contributed by atoms with van der Waals surface area (Å²) >= 11 is 1.40. The second kappa shape index (κ2) is 6.68. The Labute approximate surface area is 165 Å². The van der Waals surface area contributed by atoms with E-state index in [9.17, 15) is 9.50 Å². The number of benzene rings is 2. The van der Waals surface area contributed by atoms with Crippen molar-refractivity contribution in [3.63, 3.8) is 0 Å². The molecular weight excluding hydrogens is 375 g/mol. The van der Waals surface area contributed by atoms with Crippen molar-refractivity contribution in [1.29, 1.82) is 0 Å². The highest BCUT2D eigenvalue weighted by Crippen LogP contribution is 2.41. The smallest absolute Gasteiger partial charge is 0.230 e. The van der Waals surface area contributed by atoms with E-state index < -0.39 is 0 Å². The van der Waals surface area contributed by atoms with Crippen molar-refractivity contribution < 1.29 is 9.50 Å². The average molecular weight is 394 g/mol. The normalized spacial score (nSPS) is 15.6. The van der Waals surface area contributed by atoms with Crippen LogP contribution < -0.4 is 0 Å². The molecule has 2 aromatic carbocycles. The lowest BCUT2D eigenvalue weighted by Crippen LogP contribution is -2.34. The molecule has 0 saturated carbocycles. The molecule has 5 rings (SSSR count). The molecule has 1 aliphatic heterocycles. The highest BCUT2D eigenvalue weighted by molar-refractivity contribution is 7.17. The molecule has 3 heterocycles. The Morgan fingerprint density at radius 1 is 1.14 bits per heavy atom. The van der Waals surface area contributed by atoms with Crippen molar-refractivity contribution in [3.8, 4) is 5.88 Å².